The molecule has 45 heavy (non-hydrogen) atoms. The average Bonchev–Trinajstić information content (AvgIpc) is 3.00. The van der Waals surface area contributed by atoms with E-state index >= 15 is 0 Å². The largest absolute Gasteiger partial charge is 0.486 e. The number of esters is 1. The van der Waals surface area contributed by atoms with E-state index in [4.69, 9.17) is 30.5 Å². The van der Waals surface area contributed by atoms with E-state index in [0.29, 0.717) is 42.0 Å². The van der Waals surface area contributed by atoms with E-state index in [0.717, 1.165) is 45.2 Å². The number of carbonyl (C=O) groups excluding carboxylic acids is 2. The second-order valence-electron chi connectivity index (χ2n) is 13.3. The molecule has 0 bridgehead atoms. The highest BCUT2D eigenvalue weighted by atomic mass is 35.5. The number of amides is 1. The zero-order valence-corrected chi connectivity index (χ0v) is 28.2. The fourth-order valence-corrected chi connectivity index (χ4v) is 6.14. The minimum absolute atomic E-state index is 0.182. The molecule has 2 aliphatic heterocycles. The van der Waals surface area contributed by atoms with Gasteiger partial charge in [0.2, 0.25) is 0 Å². The Kier molecular flexibility index (Phi) is 13.2. The lowest BCUT2D eigenvalue weighted by molar-refractivity contribution is -0.141. The highest BCUT2D eigenvalue weighted by Gasteiger charge is 2.34. The van der Waals surface area contributed by atoms with E-state index in [9.17, 15) is 9.59 Å². The number of halogens is 1. The van der Waals surface area contributed by atoms with Crippen LogP contribution in [-0.2, 0) is 9.53 Å². The normalized spacial score (nSPS) is 17.8. The van der Waals surface area contributed by atoms with Crippen molar-refractivity contribution >= 4 is 23.7 Å². The summed E-state index contributed by atoms with van der Waals surface area (Å²) in [7, 11) is 0. The van der Waals surface area contributed by atoms with Crippen LogP contribution in [0.25, 0.3) is 0 Å². The fraction of sp³-hybridized carbons (Fsp3) is 0.611. The van der Waals surface area contributed by atoms with Crippen LogP contribution in [-0.4, -0.2) is 72.4 Å². The van der Waals surface area contributed by atoms with Gasteiger partial charge in [0.25, 0.3) is 0 Å². The Hall–Kier alpha value is -2.97. The first-order valence-corrected chi connectivity index (χ1v) is 17.1. The fourth-order valence-electron chi connectivity index (χ4n) is 5.97. The Morgan fingerprint density at radius 1 is 0.978 bits per heavy atom. The third-order valence-electron chi connectivity index (χ3n) is 8.33. The molecule has 2 unspecified atom stereocenters. The lowest BCUT2D eigenvalue weighted by Crippen LogP contribution is -2.50. The van der Waals surface area contributed by atoms with Gasteiger partial charge in [0, 0.05) is 17.6 Å². The zero-order valence-electron chi connectivity index (χ0n) is 27.5. The van der Waals surface area contributed by atoms with Crippen molar-refractivity contribution in [1.82, 2.24) is 9.80 Å². The molecule has 2 heterocycles. The number of likely N-dealkylation sites (tertiary alicyclic amines) is 1. The number of unbranched alkanes of at least 4 members (excludes halogenated alkanes) is 5. The molecule has 0 aliphatic carbocycles. The van der Waals surface area contributed by atoms with Gasteiger partial charge in [-0.05, 0) is 83.3 Å². The lowest BCUT2D eigenvalue weighted by Gasteiger charge is -2.39. The standard InChI is InChI=1S/C36H51ClN2O6/c1-5-6-7-8-9-13-16-31(34(40)44-29-14-11-10-12-15-29)38-21-19-27(20-22-38)24-39(35(41)45-36(2,3)4)25-30-26-42-32-18-17-28(37)23-33(32)43-30/h10-12,14-15,17-18,23,27,30-31H,5-9,13,16,19-22,24-26H2,1-4H3. The van der Waals surface area contributed by atoms with E-state index in [1.165, 1.54) is 25.7 Å². The number of benzene rings is 2. The summed E-state index contributed by atoms with van der Waals surface area (Å²) < 4.78 is 23.7. The lowest BCUT2D eigenvalue weighted by atomic mass is 9.94. The SMILES string of the molecule is CCCCCCCCC(C(=O)Oc1ccccc1)N1CCC(CN(CC2COc3ccc(Cl)cc3O2)C(=O)OC(C)(C)C)CC1. The van der Waals surface area contributed by atoms with E-state index < -0.39 is 5.60 Å². The number of carbonyl (C=O) groups is 2. The molecule has 9 heteroatoms. The molecule has 1 amide bonds. The Labute approximate surface area is 274 Å². The number of fused-ring (bicyclic) bond motifs is 1. The molecule has 2 atom stereocenters. The Bertz CT molecular complexity index is 1210. The third-order valence-corrected chi connectivity index (χ3v) is 8.57. The second kappa shape index (κ2) is 17.1. The van der Waals surface area contributed by atoms with Crippen molar-refractivity contribution in [3.63, 3.8) is 0 Å². The van der Waals surface area contributed by atoms with Gasteiger partial charge in [-0.3, -0.25) is 4.90 Å². The van der Waals surface area contributed by atoms with Gasteiger partial charge in [-0.2, -0.15) is 0 Å². The first-order valence-electron chi connectivity index (χ1n) is 16.7. The number of hydrogen-bond donors (Lipinski definition) is 0. The van der Waals surface area contributed by atoms with E-state index in [1.807, 2.05) is 51.1 Å². The van der Waals surface area contributed by atoms with Crippen molar-refractivity contribution in [3.05, 3.63) is 53.6 Å². The topological polar surface area (TPSA) is 77.5 Å². The van der Waals surface area contributed by atoms with Crippen LogP contribution in [0.15, 0.2) is 48.5 Å². The maximum absolute atomic E-state index is 13.4. The molecule has 248 valence electrons. The number of rotatable bonds is 14. The predicted octanol–water partition coefficient (Wildman–Crippen LogP) is 8.15. The maximum atomic E-state index is 13.4. The van der Waals surface area contributed by atoms with Gasteiger partial charge in [-0.15, -0.1) is 0 Å². The summed E-state index contributed by atoms with van der Waals surface area (Å²) in [6, 6.07) is 14.3. The summed E-state index contributed by atoms with van der Waals surface area (Å²) in [5.74, 6) is 1.89. The molecule has 1 saturated heterocycles. The first kappa shape index (κ1) is 34.9. The molecule has 8 nitrogen and oxygen atoms in total. The highest BCUT2D eigenvalue weighted by molar-refractivity contribution is 6.30. The van der Waals surface area contributed by atoms with Crippen molar-refractivity contribution in [2.75, 3.05) is 32.8 Å². The molecule has 0 aromatic heterocycles. The van der Waals surface area contributed by atoms with Crippen LogP contribution in [0.5, 0.6) is 17.2 Å². The number of hydrogen-bond acceptors (Lipinski definition) is 7. The Balaban J connectivity index is 1.37. The van der Waals surface area contributed by atoms with Gasteiger partial charge in [-0.25, -0.2) is 9.59 Å². The molecule has 1 fully saturated rings. The van der Waals surface area contributed by atoms with Gasteiger partial charge in [0.05, 0.1) is 6.54 Å². The summed E-state index contributed by atoms with van der Waals surface area (Å²) in [6.07, 6.45) is 8.86. The highest BCUT2D eigenvalue weighted by Crippen LogP contribution is 2.34. The zero-order chi connectivity index (χ0) is 32.2. The van der Waals surface area contributed by atoms with Crippen molar-refractivity contribution in [2.45, 2.75) is 103 Å². The average molecular weight is 643 g/mol. The second-order valence-corrected chi connectivity index (χ2v) is 13.7. The minimum Gasteiger partial charge on any atom is -0.486 e. The maximum Gasteiger partial charge on any atom is 0.410 e. The monoisotopic (exact) mass is 642 g/mol. The predicted molar refractivity (Wildman–Crippen MR) is 177 cm³/mol. The van der Waals surface area contributed by atoms with Crippen LogP contribution < -0.4 is 14.2 Å². The van der Waals surface area contributed by atoms with E-state index in [1.54, 1.807) is 23.1 Å². The van der Waals surface area contributed by atoms with Crippen molar-refractivity contribution in [3.8, 4) is 17.2 Å². The van der Waals surface area contributed by atoms with Gasteiger partial charge >= 0.3 is 12.1 Å². The smallest absolute Gasteiger partial charge is 0.410 e. The molecular weight excluding hydrogens is 592 g/mol. The van der Waals surface area contributed by atoms with Gasteiger partial charge < -0.3 is 23.8 Å². The van der Waals surface area contributed by atoms with Crippen molar-refractivity contribution in [2.24, 2.45) is 5.92 Å². The van der Waals surface area contributed by atoms with Crippen LogP contribution in [0.3, 0.4) is 0 Å². The van der Waals surface area contributed by atoms with Gasteiger partial charge in [0.15, 0.2) is 17.6 Å². The summed E-state index contributed by atoms with van der Waals surface area (Å²) >= 11 is 6.18. The van der Waals surface area contributed by atoms with Crippen LogP contribution in [0.1, 0.15) is 85.5 Å². The summed E-state index contributed by atoms with van der Waals surface area (Å²) in [5, 5.41) is 0.566. The summed E-state index contributed by atoms with van der Waals surface area (Å²) in [6.45, 7) is 10.6. The molecule has 0 N–H and O–H groups in total. The molecule has 2 aliphatic rings. The van der Waals surface area contributed by atoms with Crippen LogP contribution in [0, 0.1) is 5.92 Å². The summed E-state index contributed by atoms with van der Waals surface area (Å²) in [4.78, 5) is 30.8. The Morgan fingerprint density at radius 2 is 1.69 bits per heavy atom. The molecule has 4 rings (SSSR count). The van der Waals surface area contributed by atoms with Crippen LogP contribution in [0.2, 0.25) is 5.02 Å². The number of nitrogens with zero attached hydrogens (tertiary/aromatic N) is 2. The number of para-hydroxylation sites is 1. The summed E-state index contributed by atoms with van der Waals surface area (Å²) in [5.41, 5.74) is -0.619. The molecule has 0 spiro atoms. The Morgan fingerprint density at radius 3 is 2.40 bits per heavy atom. The number of piperidine rings is 1. The van der Waals surface area contributed by atoms with Crippen LogP contribution >= 0.6 is 11.6 Å². The van der Waals surface area contributed by atoms with E-state index in [-0.39, 0.29) is 30.1 Å². The first-order chi connectivity index (χ1) is 21.6. The molecule has 2 aromatic rings. The number of ether oxygens (including phenoxy) is 4. The quantitative estimate of drug-likeness (QED) is 0.117. The minimum atomic E-state index is -0.619. The third kappa shape index (κ3) is 11.4. The van der Waals surface area contributed by atoms with E-state index in [2.05, 4.69) is 11.8 Å². The molecule has 0 saturated carbocycles. The molecule has 2 aromatic carbocycles. The van der Waals surface area contributed by atoms with Gasteiger partial charge in [0.1, 0.15) is 24.0 Å². The van der Waals surface area contributed by atoms with Gasteiger partial charge in [-0.1, -0.05) is 75.2 Å². The van der Waals surface area contributed by atoms with Crippen molar-refractivity contribution < 1.29 is 28.5 Å². The molecule has 0 radical (unpaired) electrons. The molecular formula is C36H51ClN2O6. The van der Waals surface area contributed by atoms with Crippen molar-refractivity contribution in [1.29, 1.82) is 0 Å². The van der Waals surface area contributed by atoms with Crippen LogP contribution in [0.4, 0.5) is 4.79 Å².